The SMILES string of the molecule is C[Si](/C=C\CCc1ccccc1)(c1ccccc1)c1ccccc1. The normalized spacial score (nSPS) is 11.7. The highest BCUT2D eigenvalue weighted by Gasteiger charge is 2.28. The van der Waals surface area contributed by atoms with Crippen molar-refractivity contribution in [1.29, 1.82) is 0 Å². The van der Waals surface area contributed by atoms with Gasteiger partial charge in [0.2, 0.25) is 0 Å². The number of hydrogen-bond acceptors (Lipinski definition) is 0. The molecule has 0 N–H and O–H groups in total. The number of rotatable bonds is 6. The molecule has 3 aromatic rings. The van der Waals surface area contributed by atoms with Crippen molar-refractivity contribution in [3.63, 3.8) is 0 Å². The first-order valence-electron chi connectivity index (χ1n) is 8.62. The summed E-state index contributed by atoms with van der Waals surface area (Å²) in [6, 6.07) is 32.7. The Hall–Kier alpha value is -2.38. The van der Waals surface area contributed by atoms with Crippen molar-refractivity contribution < 1.29 is 0 Å². The molecule has 0 spiro atoms. The van der Waals surface area contributed by atoms with Gasteiger partial charge in [-0.15, -0.1) is 0 Å². The quantitative estimate of drug-likeness (QED) is 0.580. The lowest BCUT2D eigenvalue weighted by Crippen LogP contribution is -2.54. The second kappa shape index (κ2) is 7.94. The van der Waals surface area contributed by atoms with E-state index in [2.05, 4.69) is 109 Å². The molecule has 3 rings (SSSR count). The van der Waals surface area contributed by atoms with E-state index in [0.29, 0.717) is 0 Å². The average Bonchev–Trinajstić information content (AvgIpc) is 2.67. The van der Waals surface area contributed by atoms with Crippen LogP contribution in [0.5, 0.6) is 0 Å². The highest BCUT2D eigenvalue weighted by Crippen LogP contribution is 2.09. The zero-order chi connectivity index (χ0) is 16.7. The summed E-state index contributed by atoms with van der Waals surface area (Å²) in [6.07, 6.45) is 4.58. The lowest BCUT2D eigenvalue weighted by Gasteiger charge is -2.25. The lowest BCUT2D eigenvalue weighted by atomic mass is 10.1. The Morgan fingerprint density at radius 3 is 1.62 bits per heavy atom. The van der Waals surface area contributed by atoms with Crippen LogP contribution in [0.4, 0.5) is 0 Å². The molecule has 0 aliphatic carbocycles. The molecular weight excluding hydrogens is 304 g/mol. The topological polar surface area (TPSA) is 0 Å². The number of aryl methyl sites for hydroxylation is 1. The van der Waals surface area contributed by atoms with Crippen molar-refractivity contribution in [2.75, 3.05) is 0 Å². The van der Waals surface area contributed by atoms with Gasteiger partial charge in [0, 0.05) is 0 Å². The molecule has 0 saturated carbocycles. The van der Waals surface area contributed by atoms with Crippen LogP contribution in [-0.4, -0.2) is 8.07 Å². The summed E-state index contributed by atoms with van der Waals surface area (Å²) >= 11 is 0. The van der Waals surface area contributed by atoms with Gasteiger partial charge in [-0.3, -0.25) is 0 Å². The summed E-state index contributed by atoms with van der Waals surface area (Å²) in [5, 5.41) is 2.93. The van der Waals surface area contributed by atoms with Crippen LogP contribution in [0.3, 0.4) is 0 Å². The van der Waals surface area contributed by atoms with E-state index in [0.717, 1.165) is 12.8 Å². The van der Waals surface area contributed by atoms with E-state index in [-0.39, 0.29) is 0 Å². The van der Waals surface area contributed by atoms with E-state index in [9.17, 15) is 0 Å². The zero-order valence-electron chi connectivity index (χ0n) is 14.2. The van der Waals surface area contributed by atoms with Gasteiger partial charge in [-0.1, -0.05) is 120 Å². The summed E-state index contributed by atoms with van der Waals surface area (Å²) in [4.78, 5) is 0. The molecule has 24 heavy (non-hydrogen) atoms. The first-order valence-corrected chi connectivity index (χ1v) is 11.2. The van der Waals surface area contributed by atoms with Gasteiger partial charge in [0.1, 0.15) is 8.07 Å². The first kappa shape index (κ1) is 16.5. The number of hydrogen-bond donors (Lipinski definition) is 0. The zero-order valence-corrected chi connectivity index (χ0v) is 15.2. The van der Waals surface area contributed by atoms with E-state index >= 15 is 0 Å². The van der Waals surface area contributed by atoms with E-state index in [1.165, 1.54) is 15.9 Å². The van der Waals surface area contributed by atoms with Crippen LogP contribution in [0.15, 0.2) is 103 Å². The molecule has 120 valence electrons. The molecule has 0 heterocycles. The predicted octanol–water partition coefficient (Wildman–Crippen LogP) is 4.61. The van der Waals surface area contributed by atoms with Gasteiger partial charge in [-0.25, -0.2) is 0 Å². The van der Waals surface area contributed by atoms with Crippen molar-refractivity contribution in [3.8, 4) is 0 Å². The minimum atomic E-state index is -1.82. The Kier molecular flexibility index (Phi) is 5.45. The minimum absolute atomic E-state index is 1.09. The van der Waals surface area contributed by atoms with Gasteiger partial charge in [0.15, 0.2) is 0 Å². The fourth-order valence-corrected chi connectivity index (χ4v) is 6.27. The molecule has 0 unspecified atom stereocenters. The number of allylic oxidation sites excluding steroid dienone is 1. The molecule has 0 bridgehead atoms. The second-order valence-corrected chi connectivity index (χ2v) is 10.3. The summed E-state index contributed by atoms with van der Waals surface area (Å²) in [6.45, 7) is 2.44. The Morgan fingerprint density at radius 1 is 0.667 bits per heavy atom. The third kappa shape index (κ3) is 3.93. The molecule has 3 aromatic carbocycles. The smallest absolute Gasteiger partial charge is 0.0914 e. The maximum atomic E-state index is 2.50. The van der Waals surface area contributed by atoms with Crippen molar-refractivity contribution in [3.05, 3.63) is 108 Å². The van der Waals surface area contributed by atoms with E-state index in [1.54, 1.807) is 0 Å². The lowest BCUT2D eigenvalue weighted by molar-refractivity contribution is 1.00. The Labute approximate surface area is 146 Å². The van der Waals surface area contributed by atoms with E-state index < -0.39 is 8.07 Å². The molecule has 0 aromatic heterocycles. The van der Waals surface area contributed by atoms with Crippen molar-refractivity contribution >= 4 is 18.4 Å². The maximum Gasteiger partial charge on any atom is 0.137 e. The average molecular weight is 329 g/mol. The van der Waals surface area contributed by atoms with Gasteiger partial charge in [0.05, 0.1) is 0 Å². The molecular formula is C23H24Si. The predicted molar refractivity (Wildman–Crippen MR) is 108 cm³/mol. The molecule has 0 nitrogen and oxygen atoms in total. The van der Waals surface area contributed by atoms with E-state index in [4.69, 9.17) is 0 Å². The van der Waals surface area contributed by atoms with Crippen LogP contribution >= 0.6 is 0 Å². The van der Waals surface area contributed by atoms with Gasteiger partial charge in [-0.2, -0.15) is 0 Å². The molecule has 0 amide bonds. The Bertz CT molecular complexity index is 721. The van der Waals surface area contributed by atoms with Gasteiger partial charge < -0.3 is 0 Å². The summed E-state index contributed by atoms with van der Waals surface area (Å²) in [5.41, 5.74) is 3.91. The van der Waals surface area contributed by atoms with Crippen LogP contribution in [0, 0.1) is 0 Å². The second-order valence-electron chi connectivity index (χ2n) is 6.36. The molecule has 0 radical (unpaired) electrons. The van der Waals surface area contributed by atoms with Gasteiger partial charge in [-0.05, 0) is 18.4 Å². The minimum Gasteiger partial charge on any atom is -0.0914 e. The first-order chi connectivity index (χ1) is 11.8. The third-order valence-electron chi connectivity index (χ3n) is 4.64. The van der Waals surface area contributed by atoms with Crippen LogP contribution in [0.25, 0.3) is 0 Å². The van der Waals surface area contributed by atoms with Crippen LogP contribution in [0.1, 0.15) is 12.0 Å². The van der Waals surface area contributed by atoms with Crippen molar-refractivity contribution in [2.24, 2.45) is 0 Å². The molecule has 0 saturated heterocycles. The fourth-order valence-electron chi connectivity index (χ4n) is 3.14. The van der Waals surface area contributed by atoms with E-state index in [1.807, 2.05) is 0 Å². The maximum absolute atomic E-state index is 2.50. The molecule has 0 aliphatic heterocycles. The third-order valence-corrected chi connectivity index (χ3v) is 8.61. The van der Waals surface area contributed by atoms with Crippen LogP contribution in [-0.2, 0) is 6.42 Å². The fraction of sp³-hybridized carbons (Fsp3) is 0.130. The largest absolute Gasteiger partial charge is 0.137 e. The van der Waals surface area contributed by atoms with Gasteiger partial charge >= 0.3 is 0 Å². The summed E-state index contributed by atoms with van der Waals surface area (Å²) < 4.78 is 0. The monoisotopic (exact) mass is 328 g/mol. The highest BCUT2D eigenvalue weighted by molar-refractivity contribution is 7.05. The summed E-state index contributed by atoms with van der Waals surface area (Å²) in [7, 11) is -1.82. The Morgan fingerprint density at radius 2 is 1.12 bits per heavy atom. The molecule has 1 heteroatoms. The standard InChI is InChI=1S/C23H24Si/c1-24(22-16-7-3-8-17-22,23-18-9-4-10-19-23)20-12-11-15-21-13-5-2-6-14-21/h2-10,12-14,16-20H,11,15H2,1H3/b20-12-. The summed E-state index contributed by atoms with van der Waals surface area (Å²) in [5.74, 6) is 0. The highest BCUT2D eigenvalue weighted by atomic mass is 28.3. The number of benzene rings is 3. The Balaban J connectivity index is 1.82. The molecule has 0 aliphatic rings. The van der Waals surface area contributed by atoms with Crippen LogP contribution in [0.2, 0.25) is 6.55 Å². The van der Waals surface area contributed by atoms with Crippen molar-refractivity contribution in [2.45, 2.75) is 19.4 Å². The van der Waals surface area contributed by atoms with Crippen LogP contribution < -0.4 is 10.4 Å². The van der Waals surface area contributed by atoms with Gasteiger partial charge in [0.25, 0.3) is 0 Å². The van der Waals surface area contributed by atoms with Crippen molar-refractivity contribution in [1.82, 2.24) is 0 Å². The molecule has 0 atom stereocenters. The molecule has 0 fully saturated rings.